The Balaban J connectivity index is 2.46. The molecular weight excluding hydrogens is 241 g/mol. The van der Waals surface area contributed by atoms with Gasteiger partial charge in [0.2, 0.25) is 0 Å². The van der Waals surface area contributed by atoms with Gasteiger partial charge in [-0.25, -0.2) is 9.37 Å². The Bertz CT molecular complexity index is 581. The third kappa shape index (κ3) is 2.63. The van der Waals surface area contributed by atoms with Crippen molar-refractivity contribution in [1.82, 2.24) is 9.55 Å². The minimum absolute atomic E-state index is 0.00215. The van der Waals surface area contributed by atoms with Gasteiger partial charge >= 0.3 is 0 Å². The first-order valence-electron chi connectivity index (χ1n) is 6.73. The van der Waals surface area contributed by atoms with E-state index in [1.807, 2.05) is 17.6 Å². The zero-order chi connectivity index (χ0) is 14.2. The second-order valence-electron chi connectivity index (χ2n) is 6.06. The van der Waals surface area contributed by atoms with Gasteiger partial charge in [0.25, 0.3) is 0 Å². The summed E-state index contributed by atoms with van der Waals surface area (Å²) in [6.45, 7) is 9.13. The summed E-state index contributed by atoms with van der Waals surface area (Å²) in [5.41, 5.74) is 7.52. The van der Waals surface area contributed by atoms with Gasteiger partial charge in [0.15, 0.2) is 5.82 Å². The Hall–Kier alpha value is -1.42. The lowest BCUT2D eigenvalue weighted by Gasteiger charge is -2.26. The minimum Gasteiger partial charge on any atom is -0.328 e. The molecule has 0 bridgehead atoms. The summed E-state index contributed by atoms with van der Waals surface area (Å²) in [6.07, 6.45) is 0.658. The maximum absolute atomic E-state index is 13.8. The molecule has 4 heteroatoms. The fraction of sp³-hybridized carbons (Fsp3) is 0.533. The fourth-order valence-electron chi connectivity index (χ4n) is 2.17. The Morgan fingerprint density at radius 3 is 2.63 bits per heavy atom. The summed E-state index contributed by atoms with van der Waals surface area (Å²) in [5, 5.41) is 0. The predicted octanol–water partition coefficient (Wildman–Crippen LogP) is 3.11. The quantitative estimate of drug-likeness (QED) is 0.924. The molecule has 0 saturated heterocycles. The minimum atomic E-state index is -0.268. The maximum Gasteiger partial charge on any atom is 0.151 e. The van der Waals surface area contributed by atoms with Crippen molar-refractivity contribution in [3.8, 4) is 0 Å². The second-order valence-corrected chi connectivity index (χ2v) is 6.06. The lowest BCUT2D eigenvalue weighted by Crippen LogP contribution is -2.37. The van der Waals surface area contributed by atoms with Crippen LogP contribution in [0.5, 0.6) is 0 Å². The van der Waals surface area contributed by atoms with Gasteiger partial charge in [0.1, 0.15) is 11.3 Å². The molecule has 2 N–H and O–H groups in total. The molecule has 19 heavy (non-hydrogen) atoms. The van der Waals surface area contributed by atoms with Gasteiger partial charge in [-0.3, -0.25) is 0 Å². The Morgan fingerprint density at radius 1 is 1.37 bits per heavy atom. The van der Waals surface area contributed by atoms with Crippen LogP contribution < -0.4 is 5.73 Å². The van der Waals surface area contributed by atoms with E-state index >= 15 is 0 Å². The highest BCUT2D eigenvalue weighted by atomic mass is 19.1. The summed E-state index contributed by atoms with van der Waals surface area (Å²) in [5.74, 6) is 0.598. The molecule has 2 rings (SSSR count). The molecule has 0 saturated carbocycles. The van der Waals surface area contributed by atoms with Crippen LogP contribution in [0, 0.1) is 11.2 Å². The van der Waals surface area contributed by atoms with Crippen molar-refractivity contribution in [3.05, 3.63) is 29.8 Å². The van der Waals surface area contributed by atoms with Gasteiger partial charge in [-0.15, -0.1) is 0 Å². The molecule has 0 fully saturated rings. The van der Waals surface area contributed by atoms with E-state index in [4.69, 9.17) is 5.73 Å². The maximum atomic E-state index is 13.8. The third-order valence-electron chi connectivity index (χ3n) is 3.64. The third-order valence-corrected chi connectivity index (χ3v) is 3.64. The molecule has 0 aliphatic carbocycles. The zero-order valence-electron chi connectivity index (χ0n) is 12.1. The van der Waals surface area contributed by atoms with Crippen LogP contribution in [-0.4, -0.2) is 15.6 Å². The van der Waals surface area contributed by atoms with E-state index in [-0.39, 0.29) is 17.3 Å². The van der Waals surface area contributed by atoms with E-state index in [9.17, 15) is 4.39 Å². The number of hydrogen-bond acceptors (Lipinski definition) is 2. The molecule has 1 unspecified atom stereocenters. The highest BCUT2D eigenvalue weighted by Gasteiger charge is 2.23. The lowest BCUT2D eigenvalue weighted by molar-refractivity contribution is 0.313. The zero-order valence-corrected chi connectivity index (χ0v) is 12.1. The molecule has 0 spiro atoms. The smallest absolute Gasteiger partial charge is 0.151 e. The highest BCUT2D eigenvalue weighted by molar-refractivity contribution is 5.76. The number of halogens is 1. The summed E-state index contributed by atoms with van der Waals surface area (Å²) in [6, 6.07) is 5.07. The van der Waals surface area contributed by atoms with Gasteiger partial charge < -0.3 is 10.3 Å². The number of aryl methyl sites for hydroxylation is 1. The molecule has 0 radical (unpaired) electrons. The number of fused-ring (bicyclic) bond motifs is 1. The van der Waals surface area contributed by atoms with Crippen LogP contribution in [0.25, 0.3) is 11.0 Å². The van der Waals surface area contributed by atoms with Crippen molar-refractivity contribution in [2.24, 2.45) is 11.1 Å². The number of aromatic nitrogens is 2. The van der Waals surface area contributed by atoms with Crippen LogP contribution in [0.3, 0.4) is 0 Å². The van der Waals surface area contributed by atoms with Crippen molar-refractivity contribution in [3.63, 3.8) is 0 Å². The van der Waals surface area contributed by atoms with Gasteiger partial charge in [0.05, 0.1) is 5.52 Å². The normalized spacial score (nSPS) is 14.0. The fourth-order valence-corrected chi connectivity index (χ4v) is 2.17. The molecule has 104 valence electrons. The molecule has 1 aromatic carbocycles. The van der Waals surface area contributed by atoms with E-state index in [1.165, 1.54) is 6.07 Å². The number of nitrogens with two attached hydrogens (primary N) is 1. The van der Waals surface area contributed by atoms with Crippen molar-refractivity contribution in [2.75, 3.05) is 0 Å². The van der Waals surface area contributed by atoms with Crippen molar-refractivity contribution >= 4 is 11.0 Å². The number of benzene rings is 1. The van der Waals surface area contributed by atoms with Gasteiger partial charge in [-0.2, -0.15) is 0 Å². The largest absolute Gasteiger partial charge is 0.328 e. The molecule has 1 heterocycles. The summed E-state index contributed by atoms with van der Waals surface area (Å²) < 4.78 is 15.8. The number of para-hydroxylation sites is 1. The lowest BCUT2D eigenvalue weighted by atomic mass is 9.85. The molecule has 0 aliphatic rings. The topological polar surface area (TPSA) is 43.8 Å². The van der Waals surface area contributed by atoms with Gasteiger partial charge in [-0.1, -0.05) is 26.8 Å². The molecule has 0 amide bonds. The monoisotopic (exact) mass is 263 g/mol. The van der Waals surface area contributed by atoms with Crippen molar-refractivity contribution < 1.29 is 4.39 Å². The Labute approximate surface area is 113 Å². The van der Waals surface area contributed by atoms with Crippen LogP contribution >= 0.6 is 0 Å². The molecule has 2 aromatic rings. The van der Waals surface area contributed by atoms with E-state index in [0.717, 1.165) is 17.9 Å². The van der Waals surface area contributed by atoms with Crippen LogP contribution in [0.1, 0.15) is 33.5 Å². The van der Waals surface area contributed by atoms with Crippen LogP contribution in [0.2, 0.25) is 0 Å². The second kappa shape index (κ2) is 4.93. The first kappa shape index (κ1) is 14.0. The molecular formula is C15H22FN3. The van der Waals surface area contributed by atoms with E-state index < -0.39 is 0 Å². The van der Waals surface area contributed by atoms with Gasteiger partial charge in [-0.05, 0) is 24.5 Å². The first-order valence-corrected chi connectivity index (χ1v) is 6.73. The number of hydrogen-bond donors (Lipinski definition) is 1. The van der Waals surface area contributed by atoms with Crippen LogP contribution in [0.4, 0.5) is 4.39 Å². The average molecular weight is 263 g/mol. The van der Waals surface area contributed by atoms with Crippen molar-refractivity contribution in [1.29, 1.82) is 0 Å². The molecule has 3 nitrogen and oxygen atoms in total. The van der Waals surface area contributed by atoms with E-state index in [0.29, 0.717) is 11.9 Å². The Morgan fingerprint density at radius 2 is 2.05 bits per heavy atom. The number of nitrogens with zero attached hydrogens (tertiary/aromatic N) is 2. The van der Waals surface area contributed by atoms with E-state index in [1.54, 1.807) is 6.07 Å². The van der Waals surface area contributed by atoms with Crippen LogP contribution in [-0.2, 0) is 13.0 Å². The molecule has 0 aliphatic heterocycles. The van der Waals surface area contributed by atoms with Crippen LogP contribution in [0.15, 0.2) is 18.2 Å². The predicted molar refractivity (Wildman–Crippen MR) is 76.5 cm³/mol. The summed E-state index contributed by atoms with van der Waals surface area (Å²) in [4.78, 5) is 4.44. The van der Waals surface area contributed by atoms with Gasteiger partial charge in [0, 0.05) is 19.0 Å². The first-order chi connectivity index (χ1) is 8.84. The highest BCUT2D eigenvalue weighted by Crippen LogP contribution is 2.24. The molecule has 1 aromatic heterocycles. The van der Waals surface area contributed by atoms with Crippen molar-refractivity contribution in [2.45, 2.75) is 46.7 Å². The Kier molecular flexibility index (Phi) is 3.63. The number of rotatable bonds is 3. The SMILES string of the molecule is CCn1c(CC(N)C(C)(C)C)nc2c(F)cccc21. The summed E-state index contributed by atoms with van der Waals surface area (Å²) >= 11 is 0. The number of imidazole rings is 1. The standard InChI is InChI=1S/C15H22FN3/c1-5-19-11-8-6-7-10(16)14(11)18-13(19)9-12(17)15(2,3)4/h6-8,12H,5,9,17H2,1-4H3. The summed E-state index contributed by atoms with van der Waals surface area (Å²) in [7, 11) is 0. The average Bonchev–Trinajstić information content (AvgIpc) is 2.67. The van der Waals surface area contributed by atoms with E-state index in [2.05, 4.69) is 25.8 Å². The molecule has 1 atom stereocenters.